The summed E-state index contributed by atoms with van der Waals surface area (Å²) in [6.45, 7) is 1.98. The second kappa shape index (κ2) is 7.75. The highest BCUT2D eigenvalue weighted by molar-refractivity contribution is 5.95. The van der Waals surface area contributed by atoms with Gasteiger partial charge in [-0.1, -0.05) is 18.2 Å². The number of nitrogens with zero attached hydrogens (tertiary/aromatic N) is 4. The SMILES string of the molecule is Cn1nccc1CCC(=O)N1CCC2(CC1)CN(c1ccccc1)C(=O)CO2. The van der Waals surface area contributed by atoms with Crippen LogP contribution in [0.25, 0.3) is 0 Å². The van der Waals surface area contributed by atoms with Gasteiger partial charge in [-0.05, 0) is 37.5 Å². The normalized spacial score (nSPS) is 19.2. The Morgan fingerprint density at radius 3 is 2.61 bits per heavy atom. The lowest BCUT2D eigenvalue weighted by Gasteiger charge is -2.47. The molecule has 148 valence electrons. The van der Waals surface area contributed by atoms with Gasteiger partial charge in [0.1, 0.15) is 6.61 Å². The highest BCUT2D eigenvalue weighted by Crippen LogP contribution is 2.33. The molecule has 2 aliphatic heterocycles. The van der Waals surface area contributed by atoms with Gasteiger partial charge in [-0.3, -0.25) is 14.3 Å². The highest BCUT2D eigenvalue weighted by atomic mass is 16.5. The van der Waals surface area contributed by atoms with Gasteiger partial charge in [0.05, 0.1) is 12.1 Å². The van der Waals surface area contributed by atoms with Gasteiger partial charge in [0.2, 0.25) is 5.91 Å². The highest BCUT2D eigenvalue weighted by Gasteiger charge is 2.43. The van der Waals surface area contributed by atoms with Crippen LogP contribution in [0.5, 0.6) is 0 Å². The number of hydrogen-bond donors (Lipinski definition) is 0. The summed E-state index contributed by atoms with van der Waals surface area (Å²) in [6.07, 6.45) is 4.44. The lowest BCUT2D eigenvalue weighted by molar-refractivity contribution is -0.150. The van der Waals surface area contributed by atoms with Gasteiger partial charge < -0.3 is 14.5 Å². The van der Waals surface area contributed by atoms with E-state index in [-0.39, 0.29) is 24.0 Å². The monoisotopic (exact) mass is 382 g/mol. The summed E-state index contributed by atoms with van der Waals surface area (Å²) < 4.78 is 7.80. The van der Waals surface area contributed by atoms with Gasteiger partial charge in [-0.15, -0.1) is 0 Å². The van der Waals surface area contributed by atoms with Crippen LogP contribution in [0, 0.1) is 0 Å². The first-order valence-corrected chi connectivity index (χ1v) is 9.80. The van der Waals surface area contributed by atoms with Crippen molar-refractivity contribution in [2.24, 2.45) is 7.05 Å². The molecule has 28 heavy (non-hydrogen) atoms. The topological polar surface area (TPSA) is 67.7 Å². The van der Waals surface area contributed by atoms with E-state index in [1.807, 2.05) is 57.9 Å². The zero-order valence-corrected chi connectivity index (χ0v) is 16.2. The third kappa shape index (κ3) is 3.80. The summed E-state index contributed by atoms with van der Waals surface area (Å²) >= 11 is 0. The van der Waals surface area contributed by atoms with Crippen molar-refractivity contribution >= 4 is 17.5 Å². The van der Waals surface area contributed by atoms with Crippen molar-refractivity contribution in [1.82, 2.24) is 14.7 Å². The number of aromatic nitrogens is 2. The van der Waals surface area contributed by atoms with Crippen LogP contribution in [-0.4, -0.2) is 58.3 Å². The minimum Gasteiger partial charge on any atom is -0.363 e. The van der Waals surface area contributed by atoms with E-state index in [0.29, 0.717) is 32.5 Å². The number of morpholine rings is 1. The fourth-order valence-electron chi connectivity index (χ4n) is 4.06. The molecule has 0 saturated carbocycles. The summed E-state index contributed by atoms with van der Waals surface area (Å²) in [5, 5.41) is 4.15. The average molecular weight is 382 g/mol. The molecule has 0 bridgehead atoms. The van der Waals surface area contributed by atoms with Crippen LogP contribution in [0.3, 0.4) is 0 Å². The van der Waals surface area contributed by atoms with Crippen LogP contribution >= 0.6 is 0 Å². The Labute approximate surface area is 164 Å². The van der Waals surface area contributed by atoms with Gasteiger partial charge in [0.15, 0.2) is 0 Å². The summed E-state index contributed by atoms with van der Waals surface area (Å²) in [5.74, 6) is 0.161. The summed E-state index contributed by atoms with van der Waals surface area (Å²) in [6, 6.07) is 11.7. The molecule has 1 aromatic carbocycles. The van der Waals surface area contributed by atoms with Crippen LogP contribution in [0.2, 0.25) is 0 Å². The van der Waals surface area contributed by atoms with Gasteiger partial charge in [0.25, 0.3) is 5.91 Å². The van der Waals surface area contributed by atoms with E-state index in [4.69, 9.17) is 4.74 Å². The van der Waals surface area contributed by atoms with Crippen molar-refractivity contribution in [3.8, 4) is 0 Å². The van der Waals surface area contributed by atoms with Crippen molar-refractivity contribution in [2.45, 2.75) is 31.3 Å². The quantitative estimate of drug-likeness (QED) is 0.808. The summed E-state index contributed by atoms with van der Waals surface area (Å²) in [7, 11) is 1.89. The Morgan fingerprint density at radius 2 is 1.93 bits per heavy atom. The number of carbonyl (C=O) groups excluding carboxylic acids is 2. The van der Waals surface area contributed by atoms with Gasteiger partial charge in [0, 0.05) is 44.1 Å². The fraction of sp³-hybridized carbons (Fsp3) is 0.476. The van der Waals surface area contributed by atoms with Crippen molar-refractivity contribution in [1.29, 1.82) is 0 Å². The van der Waals surface area contributed by atoms with Gasteiger partial charge >= 0.3 is 0 Å². The Bertz CT molecular complexity index is 840. The van der Waals surface area contributed by atoms with Crippen LogP contribution in [0.4, 0.5) is 5.69 Å². The molecule has 2 fully saturated rings. The number of ether oxygens (including phenoxy) is 1. The maximum Gasteiger partial charge on any atom is 0.253 e. The zero-order valence-electron chi connectivity index (χ0n) is 16.2. The molecule has 0 atom stereocenters. The van der Waals surface area contributed by atoms with Gasteiger partial charge in [-0.2, -0.15) is 5.10 Å². The van der Waals surface area contributed by atoms with Gasteiger partial charge in [-0.25, -0.2) is 0 Å². The number of likely N-dealkylation sites (tertiary alicyclic amines) is 1. The number of benzene rings is 1. The molecular formula is C21H26N4O3. The first-order chi connectivity index (χ1) is 13.6. The fourth-order valence-corrected chi connectivity index (χ4v) is 4.06. The molecule has 2 saturated heterocycles. The molecule has 2 aliphatic rings. The predicted octanol–water partition coefficient (Wildman–Crippen LogP) is 1.78. The second-order valence-electron chi connectivity index (χ2n) is 7.61. The Kier molecular flexibility index (Phi) is 5.17. The largest absolute Gasteiger partial charge is 0.363 e. The molecular weight excluding hydrogens is 356 g/mol. The molecule has 1 aromatic heterocycles. The van der Waals surface area contributed by atoms with Crippen molar-refractivity contribution in [2.75, 3.05) is 31.1 Å². The molecule has 4 rings (SSSR count). The molecule has 3 heterocycles. The third-order valence-corrected chi connectivity index (χ3v) is 5.86. The Balaban J connectivity index is 1.34. The molecule has 0 aliphatic carbocycles. The number of para-hydroxylation sites is 1. The van der Waals surface area contributed by atoms with Crippen LogP contribution < -0.4 is 4.90 Å². The lowest BCUT2D eigenvalue weighted by atomic mass is 9.88. The van der Waals surface area contributed by atoms with E-state index in [9.17, 15) is 9.59 Å². The number of aryl methyl sites for hydroxylation is 2. The standard InChI is InChI=1S/C21H26N4O3/c1-23-17(9-12-22-23)7-8-19(26)24-13-10-21(11-14-24)16-25(20(27)15-28-21)18-5-3-2-4-6-18/h2-6,9,12H,7-8,10-11,13-16H2,1H3. The average Bonchev–Trinajstić information content (AvgIpc) is 3.14. The van der Waals surface area contributed by atoms with Crippen LogP contribution in [0.1, 0.15) is 25.0 Å². The summed E-state index contributed by atoms with van der Waals surface area (Å²) in [5.41, 5.74) is 1.61. The van der Waals surface area contributed by atoms with E-state index >= 15 is 0 Å². The minimum absolute atomic E-state index is 0.00786. The van der Waals surface area contributed by atoms with Crippen LogP contribution in [0.15, 0.2) is 42.6 Å². The van der Waals surface area contributed by atoms with E-state index < -0.39 is 0 Å². The second-order valence-corrected chi connectivity index (χ2v) is 7.61. The van der Waals surface area contributed by atoms with E-state index in [0.717, 1.165) is 24.2 Å². The molecule has 7 heteroatoms. The summed E-state index contributed by atoms with van der Waals surface area (Å²) in [4.78, 5) is 28.7. The first kappa shape index (κ1) is 18.7. The molecule has 0 N–H and O–H groups in total. The third-order valence-electron chi connectivity index (χ3n) is 5.86. The molecule has 0 unspecified atom stereocenters. The minimum atomic E-state index is -0.359. The molecule has 1 spiro atoms. The number of piperidine rings is 1. The maximum absolute atomic E-state index is 12.6. The number of anilines is 1. The van der Waals surface area contributed by atoms with E-state index in [1.54, 1.807) is 6.20 Å². The Hall–Kier alpha value is -2.67. The van der Waals surface area contributed by atoms with E-state index in [1.165, 1.54) is 0 Å². The maximum atomic E-state index is 12.6. The van der Waals surface area contributed by atoms with E-state index in [2.05, 4.69) is 5.10 Å². The number of hydrogen-bond acceptors (Lipinski definition) is 4. The molecule has 2 amide bonds. The number of amides is 2. The van der Waals surface area contributed by atoms with Crippen molar-refractivity contribution in [3.63, 3.8) is 0 Å². The van der Waals surface area contributed by atoms with Crippen molar-refractivity contribution < 1.29 is 14.3 Å². The first-order valence-electron chi connectivity index (χ1n) is 9.80. The molecule has 7 nitrogen and oxygen atoms in total. The predicted molar refractivity (Wildman–Crippen MR) is 105 cm³/mol. The Morgan fingerprint density at radius 1 is 1.18 bits per heavy atom. The van der Waals surface area contributed by atoms with Crippen LogP contribution in [-0.2, 0) is 27.8 Å². The van der Waals surface area contributed by atoms with Crippen molar-refractivity contribution in [3.05, 3.63) is 48.3 Å². The zero-order chi connectivity index (χ0) is 19.6. The number of rotatable bonds is 4. The smallest absolute Gasteiger partial charge is 0.253 e. The lowest BCUT2D eigenvalue weighted by Crippen LogP contribution is -2.59. The molecule has 2 aromatic rings. The molecule has 0 radical (unpaired) electrons. The number of carbonyl (C=O) groups is 2.